The summed E-state index contributed by atoms with van der Waals surface area (Å²) in [5.74, 6) is -0.272. The number of benzene rings is 1. The SMILES string of the molecule is O=C(CCO)c1ccccc1O. The highest BCUT2D eigenvalue weighted by atomic mass is 16.3. The Morgan fingerprint density at radius 2 is 2.00 bits per heavy atom. The number of phenols is 1. The smallest absolute Gasteiger partial charge is 0.168 e. The molecule has 0 spiro atoms. The van der Waals surface area contributed by atoms with Crippen LogP contribution in [-0.4, -0.2) is 22.6 Å². The fourth-order valence-corrected chi connectivity index (χ4v) is 0.946. The molecular formula is C9H10O3. The minimum Gasteiger partial charge on any atom is -0.507 e. The summed E-state index contributed by atoms with van der Waals surface area (Å²) in [4.78, 5) is 11.1. The highest BCUT2D eigenvalue weighted by Gasteiger charge is 2.08. The van der Waals surface area contributed by atoms with Crippen molar-refractivity contribution in [1.29, 1.82) is 0 Å². The summed E-state index contributed by atoms with van der Waals surface area (Å²) in [5.41, 5.74) is 0.270. The molecule has 0 aromatic heterocycles. The average molecular weight is 166 g/mol. The minimum atomic E-state index is -0.240. The van der Waals surface area contributed by atoms with E-state index < -0.39 is 0 Å². The number of aliphatic hydroxyl groups excluding tert-OH is 1. The van der Waals surface area contributed by atoms with Crippen LogP contribution in [0.1, 0.15) is 16.8 Å². The predicted molar refractivity (Wildman–Crippen MR) is 44.1 cm³/mol. The van der Waals surface area contributed by atoms with Crippen molar-refractivity contribution in [3.05, 3.63) is 29.8 Å². The Hall–Kier alpha value is -1.35. The summed E-state index contributed by atoms with van der Waals surface area (Å²) in [6.45, 7) is -0.187. The van der Waals surface area contributed by atoms with Crippen LogP contribution in [0.5, 0.6) is 5.75 Å². The molecule has 0 atom stereocenters. The van der Waals surface area contributed by atoms with Crippen LogP contribution in [0, 0.1) is 0 Å². The van der Waals surface area contributed by atoms with E-state index in [1.807, 2.05) is 0 Å². The predicted octanol–water partition coefficient (Wildman–Crippen LogP) is 0.957. The number of hydrogen-bond donors (Lipinski definition) is 2. The Morgan fingerprint density at radius 1 is 1.33 bits per heavy atom. The molecule has 0 saturated heterocycles. The van der Waals surface area contributed by atoms with Crippen molar-refractivity contribution in [2.45, 2.75) is 6.42 Å². The summed E-state index contributed by atoms with van der Waals surface area (Å²) in [6, 6.07) is 6.30. The van der Waals surface area contributed by atoms with E-state index in [1.54, 1.807) is 12.1 Å². The van der Waals surface area contributed by atoms with Crippen molar-refractivity contribution in [3.8, 4) is 5.75 Å². The van der Waals surface area contributed by atoms with Gasteiger partial charge in [0.1, 0.15) is 5.75 Å². The maximum Gasteiger partial charge on any atom is 0.168 e. The van der Waals surface area contributed by atoms with E-state index in [0.717, 1.165) is 0 Å². The van der Waals surface area contributed by atoms with Gasteiger partial charge in [0.2, 0.25) is 0 Å². The average Bonchev–Trinajstić information content (AvgIpc) is 2.05. The van der Waals surface area contributed by atoms with Crippen LogP contribution in [0.25, 0.3) is 0 Å². The number of rotatable bonds is 3. The standard InChI is InChI=1S/C9H10O3/c10-6-5-9(12)7-3-1-2-4-8(7)11/h1-4,10-11H,5-6H2. The molecule has 0 aliphatic carbocycles. The van der Waals surface area contributed by atoms with Crippen LogP contribution in [-0.2, 0) is 0 Å². The number of para-hydroxylation sites is 1. The van der Waals surface area contributed by atoms with Crippen LogP contribution in [0.3, 0.4) is 0 Å². The Morgan fingerprint density at radius 3 is 2.58 bits per heavy atom. The largest absolute Gasteiger partial charge is 0.507 e. The molecule has 0 radical (unpaired) electrons. The lowest BCUT2D eigenvalue weighted by Crippen LogP contribution is -2.01. The van der Waals surface area contributed by atoms with E-state index in [4.69, 9.17) is 5.11 Å². The second kappa shape index (κ2) is 3.88. The quantitative estimate of drug-likeness (QED) is 0.657. The molecule has 12 heavy (non-hydrogen) atoms. The summed E-state index contributed by atoms with van der Waals surface area (Å²) in [6.07, 6.45) is 0.0531. The third-order valence-electron chi connectivity index (χ3n) is 1.54. The second-order valence-corrected chi connectivity index (χ2v) is 2.41. The number of Topliss-reactive ketones (excluding diaryl/α,β-unsaturated/α-hetero) is 1. The number of ketones is 1. The zero-order valence-electron chi connectivity index (χ0n) is 6.53. The van der Waals surface area contributed by atoms with Gasteiger partial charge in [-0.3, -0.25) is 4.79 Å². The van der Waals surface area contributed by atoms with Crippen molar-refractivity contribution in [2.75, 3.05) is 6.61 Å². The van der Waals surface area contributed by atoms with Gasteiger partial charge < -0.3 is 10.2 Å². The first kappa shape index (κ1) is 8.74. The molecule has 1 aromatic carbocycles. The van der Waals surface area contributed by atoms with Crippen LogP contribution < -0.4 is 0 Å². The number of aliphatic hydroxyl groups is 1. The van der Waals surface area contributed by atoms with Gasteiger partial charge in [-0.1, -0.05) is 12.1 Å². The van der Waals surface area contributed by atoms with Crippen molar-refractivity contribution in [3.63, 3.8) is 0 Å². The van der Waals surface area contributed by atoms with Crippen molar-refractivity contribution >= 4 is 5.78 Å². The highest BCUT2D eigenvalue weighted by molar-refractivity contribution is 5.98. The molecule has 0 amide bonds. The number of aromatic hydroxyl groups is 1. The molecule has 0 bridgehead atoms. The van der Waals surface area contributed by atoms with Gasteiger partial charge in [-0.25, -0.2) is 0 Å². The molecule has 0 unspecified atom stereocenters. The number of phenolic OH excluding ortho intramolecular Hbond substituents is 1. The van der Waals surface area contributed by atoms with Crippen LogP contribution in [0.15, 0.2) is 24.3 Å². The lowest BCUT2D eigenvalue weighted by Gasteiger charge is -2.00. The van der Waals surface area contributed by atoms with Gasteiger partial charge >= 0.3 is 0 Å². The molecule has 0 aliphatic rings. The highest BCUT2D eigenvalue weighted by Crippen LogP contribution is 2.16. The fourth-order valence-electron chi connectivity index (χ4n) is 0.946. The minimum absolute atomic E-state index is 0.0315. The molecule has 0 heterocycles. The van der Waals surface area contributed by atoms with Crippen LogP contribution >= 0.6 is 0 Å². The third-order valence-corrected chi connectivity index (χ3v) is 1.54. The first-order chi connectivity index (χ1) is 5.75. The second-order valence-electron chi connectivity index (χ2n) is 2.41. The number of carbonyl (C=O) groups is 1. The van der Waals surface area contributed by atoms with Gasteiger partial charge in [-0.05, 0) is 12.1 Å². The Balaban J connectivity index is 2.87. The topological polar surface area (TPSA) is 57.5 Å². The molecule has 64 valence electrons. The zero-order chi connectivity index (χ0) is 8.97. The molecule has 0 aliphatic heterocycles. The van der Waals surface area contributed by atoms with E-state index in [2.05, 4.69) is 0 Å². The molecule has 1 aromatic rings. The van der Waals surface area contributed by atoms with E-state index in [-0.39, 0.29) is 30.1 Å². The monoisotopic (exact) mass is 166 g/mol. The van der Waals surface area contributed by atoms with Gasteiger partial charge in [0, 0.05) is 6.42 Å². The normalized spacial score (nSPS) is 9.75. The summed E-state index contributed by atoms with van der Waals surface area (Å²) < 4.78 is 0. The summed E-state index contributed by atoms with van der Waals surface area (Å²) >= 11 is 0. The van der Waals surface area contributed by atoms with Gasteiger partial charge in [-0.15, -0.1) is 0 Å². The molecule has 0 fully saturated rings. The van der Waals surface area contributed by atoms with Gasteiger partial charge in [0.25, 0.3) is 0 Å². The molecular weight excluding hydrogens is 156 g/mol. The first-order valence-corrected chi connectivity index (χ1v) is 3.67. The number of hydrogen-bond acceptors (Lipinski definition) is 3. The van der Waals surface area contributed by atoms with Gasteiger partial charge in [-0.2, -0.15) is 0 Å². The van der Waals surface area contributed by atoms with E-state index in [1.165, 1.54) is 12.1 Å². The van der Waals surface area contributed by atoms with Gasteiger partial charge in [0.15, 0.2) is 5.78 Å². The van der Waals surface area contributed by atoms with Gasteiger partial charge in [0.05, 0.1) is 12.2 Å². The third kappa shape index (κ3) is 1.83. The van der Waals surface area contributed by atoms with Crippen molar-refractivity contribution in [2.24, 2.45) is 0 Å². The van der Waals surface area contributed by atoms with E-state index in [9.17, 15) is 9.90 Å². The molecule has 0 saturated carbocycles. The van der Waals surface area contributed by atoms with Crippen LogP contribution in [0.2, 0.25) is 0 Å². The fraction of sp³-hybridized carbons (Fsp3) is 0.222. The first-order valence-electron chi connectivity index (χ1n) is 3.67. The summed E-state index contributed by atoms with van der Waals surface area (Å²) in [7, 11) is 0. The maximum absolute atomic E-state index is 11.1. The molecule has 3 nitrogen and oxygen atoms in total. The molecule has 3 heteroatoms. The van der Waals surface area contributed by atoms with Crippen molar-refractivity contribution in [1.82, 2.24) is 0 Å². The summed E-state index contributed by atoms with van der Waals surface area (Å²) in [5, 5.41) is 17.7. The Bertz CT molecular complexity index is 281. The molecule has 1 rings (SSSR count). The maximum atomic E-state index is 11.1. The van der Waals surface area contributed by atoms with E-state index in [0.29, 0.717) is 0 Å². The van der Waals surface area contributed by atoms with Crippen molar-refractivity contribution < 1.29 is 15.0 Å². The molecule has 2 N–H and O–H groups in total. The van der Waals surface area contributed by atoms with Crippen LogP contribution in [0.4, 0.5) is 0 Å². The zero-order valence-corrected chi connectivity index (χ0v) is 6.53. The lowest BCUT2D eigenvalue weighted by atomic mass is 10.1. The number of carbonyl (C=O) groups excluding carboxylic acids is 1. The lowest BCUT2D eigenvalue weighted by molar-refractivity contribution is 0.0954. The Labute approximate surface area is 70.3 Å². The van der Waals surface area contributed by atoms with E-state index >= 15 is 0 Å². The Kier molecular flexibility index (Phi) is 2.82.